The number of aromatic nitrogens is 1. The Morgan fingerprint density at radius 3 is 2.54 bits per heavy atom. The summed E-state index contributed by atoms with van der Waals surface area (Å²) in [7, 11) is 0. The molecular formula is C19H21ClFN3O4. The van der Waals surface area contributed by atoms with Gasteiger partial charge in [0.25, 0.3) is 0 Å². The van der Waals surface area contributed by atoms with Crippen molar-refractivity contribution in [2.24, 2.45) is 0 Å². The molecule has 1 aliphatic heterocycles. The minimum absolute atomic E-state index is 0.0214. The van der Waals surface area contributed by atoms with E-state index in [-0.39, 0.29) is 40.0 Å². The summed E-state index contributed by atoms with van der Waals surface area (Å²) in [6.45, 7) is 5.21. The van der Waals surface area contributed by atoms with E-state index in [0.717, 1.165) is 18.9 Å². The first kappa shape index (κ1) is 19.0. The molecule has 0 bridgehead atoms. The Morgan fingerprint density at radius 1 is 1.32 bits per heavy atom. The van der Waals surface area contributed by atoms with Crippen molar-refractivity contribution in [3.8, 4) is 5.75 Å². The zero-order valence-corrected chi connectivity index (χ0v) is 16.3. The van der Waals surface area contributed by atoms with E-state index in [9.17, 15) is 9.59 Å². The molecule has 9 heteroatoms. The number of piperazine rings is 1. The Morgan fingerprint density at radius 2 is 1.96 bits per heavy atom. The van der Waals surface area contributed by atoms with Crippen LogP contribution in [0.25, 0.3) is 10.9 Å². The largest absolute Gasteiger partial charge is 0.511 e. The number of benzene rings is 1. The highest BCUT2D eigenvalue weighted by Gasteiger charge is 2.31. The van der Waals surface area contributed by atoms with Crippen molar-refractivity contribution < 1.29 is 19.0 Å². The number of nitrogens with zero attached hydrogens (tertiary/aromatic N) is 2. The second kappa shape index (κ2) is 6.93. The number of hydrogen-bond acceptors (Lipinski definition) is 5. The van der Waals surface area contributed by atoms with Crippen LogP contribution in [0.5, 0.6) is 5.75 Å². The third-order valence-electron chi connectivity index (χ3n) is 5.16. The van der Waals surface area contributed by atoms with Gasteiger partial charge in [-0.2, -0.15) is 0 Å². The Kier molecular flexibility index (Phi) is 4.71. The van der Waals surface area contributed by atoms with Crippen LogP contribution in [0.3, 0.4) is 0 Å². The molecule has 2 aliphatic rings. The van der Waals surface area contributed by atoms with Gasteiger partial charge in [0.15, 0.2) is 5.75 Å². The first-order chi connectivity index (χ1) is 13.3. The van der Waals surface area contributed by atoms with Gasteiger partial charge >= 0.3 is 6.16 Å². The monoisotopic (exact) mass is 409 g/mol. The molecule has 7 nitrogen and oxygen atoms in total. The van der Waals surface area contributed by atoms with Crippen LogP contribution >= 0.6 is 11.6 Å². The van der Waals surface area contributed by atoms with Gasteiger partial charge in [0.05, 0.1) is 27.8 Å². The first-order valence-electron chi connectivity index (χ1n) is 9.25. The number of hydrogen-bond donors (Lipinski definition) is 2. The summed E-state index contributed by atoms with van der Waals surface area (Å²) in [6, 6.07) is 1.54. The summed E-state index contributed by atoms with van der Waals surface area (Å²) in [5.74, 6) is -0.953. The van der Waals surface area contributed by atoms with Crippen molar-refractivity contribution in [1.29, 1.82) is 0 Å². The molecule has 1 aromatic heterocycles. The molecule has 150 valence electrons. The van der Waals surface area contributed by atoms with Crippen molar-refractivity contribution in [2.75, 3.05) is 18.0 Å². The first-order valence-corrected chi connectivity index (χ1v) is 9.62. The number of anilines is 1. The fourth-order valence-corrected chi connectivity index (χ4v) is 4.42. The summed E-state index contributed by atoms with van der Waals surface area (Å²) >= 11 is 6.66. The van der Waals surface area contributed by atoms with E-state index in [1.807, 2.05) is 18.7 Å². The molecule has 2 aromatic rings. The topological polar surface area (TPSA) is 83.8 Å². The normalized spacial score (nSPS) is 22.5. The van der Waals surface area contributed by atoms with E-state index < -0.39 is 17.4 Å². The highest BCUT2D eigenvalue weighted by molar-refractivity contribution is 6.38. The van der Waals surface area contributed by atoms with E-state index >= 15 is 4.39 Å². The van der Waals surface area contributed by atoms with Crippen LogP contribution in [0.4, 0.5) is 14.9 Å². The molecular weight excluding hydrogens is 389 g/mol. The summed E-state index contributed by atoms with van der Waals surface area (Å²) in [5.41, 5.74) is 0.000843. The van der Waals surface area contributed by atoms with Crippen molar-refractivity contribution >= 4 is 34.3 Å². The van der Waals surface area contributed by atoms with Crippen LogP contribution < -0.4 is 20.4 Å². The average molecular weight is 410 g/mol. The molecule has 4 rings (SSSR count). The van der Waals surface area contributed by atoms with Crippen LogP contribution in [0.15, 0.2) is 17.1 Å². The summed E-state index contributed by atoms with van der Waals surface area (Å²) in [5, 5.41) is 12.5. The van der Waals surface area contributed by atoms with Gasteiger partial charge in [0.2, 0.25) is 5.43 Å². The number of fused-ring (bicyclic) bond motifs is 1. The summed E-state index contributed by atoms with van der Waals surface area (Å²) in [6.07, 6.45) is 1.52. The second-order valence-corrected chi connectivity index (χ2v) is 8.00. The van der Waals surface area contributed by atoms with Crippen LogP contribution in [0.2, 0.25) is 5.02 Å². The third-order valence-corrected chi connectivity index (χ3v) is 5.52. The number of carbonyl (C=O) groups is 1. The molecule has 2 atom stereocenters. The molecule has 28 heavy (non-hydrogen) atoms. The number of carboxylic acid groups (broad SMARTS) is 1. The van der Waals surface area contributed by atoms with Gasteiger partial charge in [-0.15, -0.1) is 0 Å². The molecule has 0 unspecified atom stereocenters. The van der Waals surface area contributed by atoms with Gasteiger partial charge < -0.3 is 24.6 Å². The van der Waals surface area contributed by atoms with Crippen molar-refractivity contribution in [3.05, 3.63) is 33.3 Å². The number of rotatable bonds is 3. The lowest BCUT2D eigenvalue weighted by molar-refractivity contribution is 0.143. The van der Waals surface area contributed by atoms with E-state index in [2.05, 4.69) is 10.1 Å². The summed E-state index contributed by atoms with van der Waals surface area (Å²) < 4.78 is 21.5. The SMILES string of the molecule is C[C@H]1CN(c2c(F)cc3c(=O)c(OC(=O)O)cn(C4CC4)c3c2Cl)C[C@H](C)N1. The molecule has 0 radical (unpaired) electrons. The maximum absolute atomic E-state index is 15.1. The van der Waals surface area contributed by atoms with Crippen LogP contribution in [-0.4, -0.2) is 41.0 Å². The molecule has 1 aromatic carbocycles. The lowest BCUT2D eigenvalue weighted by Gasteiger charge is -2.38. The molecule has 1 aliphatic carbocycles. The zero-order valence-electron chi connectivity index (χ0n) is 15.5. The standard InChI is InChI=1S/C19H21ClFN3O4/c1-9-6-23(7-10(2)22-9)17-13(21)5-12-16(15(17)20)24(11-3-4-11)8-14(18(12)25)28-19(26)27/h5,8-11,22H,3-4,6-7H2,1-2H3,(H,26,27)/t9-,10-/m0/s1. The highest BCUT2D eigenvalue weighted by atomic mass is 35.5. The fourth-order valence-electron chi connectivity index (χ4n) is 4.01. The molecule has 0 spiro atoms. The smallest absolute Gasteiger partial charge is 0.449 e. The molecule has 1 saturated carbocycles. The highest BCUT2D eigenvalue weighted by Crippen LogP contribution is 2.43. The van der Waals surface area contributed by atoms with Crippen LogP contribution in [-0.2, 0) is 0 Å². The van der Waals surface area contributed by atoms with E-state index in [4.69, 9.17) is 16.7 Å². The molecule has 2 N–H and O–H groups in total. The van der Waals surface area contributed by atoms with Gasteiger partial charge in [0.1, 0.15) is 5.82 Å². The van der Waals surface area contributed by atoms with Crippen LogP contribution in [0, 0.1) is 5.82 Å². The van der Waals surface area contributed by atoms with Gasteiger partial charge in [-0.05, 0) is 32.8 Å². The zero-order chi connectivity index (χ0) is 20.2. The van der Waals surface area contributed by atoms with Gasteiger partial charge in [-0.3, -0.25) is 4.79 Å². The number of halogens is 2. The predicted octanol–water partition coefficient (Wildman–Crippen LogP) is 3.37. The molecule has 2 fully saturated rings. The van der Waals surface area contributed by atoms with Crippen molar-refractivity contribution in [3.63, 3.8) is 0 Å². The Hall–Kier alpha value is -2.32. The quantitative estimate of drug-likeness (QED) is 0.756. The number of nitrogens with one attached hydrogen (secondary N) is 1. The fraction of sp³-hybridized carbons (Fsp3) is 0.474. The average Bonchev–Trinajstić information content (AvgIpc) is 3.41. The van der Waals surface area contributed by atoms with Gasteiger partial charge in [-0.25, -0.2) is 9.18 Å². The van der Waals surface area contributed by atoms with E-state index in [0.29, 0.717) is 18.6 Å². The van der Waals surface area contributed by atoms with Crippen molar-refractivity contribution in [2.45, 2.75) is 44.8 Å². The Bertz CT molecular complexity index is 1010. The lowest BCUT2D eigenvalue weighted by Crippen LogP contribution is -2.54. The minimum atomic E-state index is -1.59. The molecule has 2 heterocycles. The predicted molar refractivity (Wildman–Crippen MR) is 104 cm³/mol. The third kappa shape index (κ3) is 3.31. The lowest BCUT2D eigenvalue weighted by atomic mass is 10.1. The summed E-state index contributed by atoms with van der Waals surface area (Å²) in [4.78, 5) is 25.5. The minimum Gasteiger partial charge on any atom is -0.449 e. The second-order valence-electron chi connectivity index (χ2n) is 7.62. The number of pyridine rings is 1. The number of ether oxygens (including phenoxy) is 1. The van der Waals surface area contributed by atoms with E-state index in [1.165, 1.54) is 6.20 Å². The maximum atomic E-state index is 15.1. The Balaban J connectivity index is 1.94. The Labute approximate surface area is 165 Å². The maximum Gasteiger partial charge on any atom is 0.511 e. The molecule has 0 amide bonds. The molecule has 1 saturated heterocycles. The van der Waals surface area contributed by atoms with Crippen LogP contribution in [0.1, 0.15) is 32.7 Å². The van der Waals surface area contributed by atoms with Gasteiger partial charge in [-0.1, -0.05) is 11.6 Å². The van der Waals surface area contributed by atoms with E-state index in [1.54, 1.807) is 4.57 Å². The van der Waals surface area contributed by atoms with Gasteiger partial charge in [0, 0.05) is 31.2 Å². The van der Waals surface area contributed by atoms with Crippen molar-refractivity contribution in [1.82, 2.24) is 9.88 Å².